The molecule has 0 bridgehead atoms. The quantitative estimate of drug-likeness (QED) is 0.527. The maximum atomic E-state index is 9.19. The largest absolute Gasteiger partial charge is 0.477 e. The molecule has 5 heteroatoms. The van der Waals surface area contributed by atoms with Crippen molar-refractivity contribution in [3.8, 4) is 11.8 Å². The fourth-order valence-corrected chi connectivity index (χ4v) is 2.85. The van der Waals surface area contributed by atoms with Crippen LogP contribution in [-0.2, 0) is 4.74 Å². The molecule has 172 valence electrons. The van der Waals surface area contributed by atoms with E-state index in [4.69, 9.17) is 14.2 Å². The van der Waals surface area contributed by atoms with Gasteiger partial charge in [0, 0.05) is 38.7 Å². The zero-order valence-corrected chi connectivity index (χ0v) is 20.6. The molecule has 1 unspecified atom stereocenters. The van der Waals surface area contributed by atoms with Gasteiger partial charge in [0.05, 0.1) is 12.7 Å². The Hall–Kier alpha value is -1.33. The number of methoxy groups -OCH3 is 1. The van der Waals surface area contributed by atoms with Gasteiger partial charge in [0.15, 0.2) is 0 Å². The first-order valence-electron chi connectivity index (χ1n) is 11.3. The lowest BCUT2D eigenvalue weighted by Crippen LogP contribution is -2.39. The van der Waals surface area contributed by atoms with Crippen LogP contribution in [0.5, 0.6) is 11.8 Å². The second kappa shape index (κ2) is 17.5. The molecule has 1 aromatic heterocycles. The Balaban J connectivity index is 0. The van der Waals surface area contributed by atoms with Gasteiger partial charge in [-0.05, 0) is 17.8 Å². The molecule has 1 saturated carbocycles. The SMILES string of the molecule is CC.CC.CC.COC1CC(Oc2cccc(OCC(C)(C)CC(C)CO)n2)C1. The van der Waals surface area contributed by atoms with E-state index in [1.165, 1.54) is 0 Å². The van der Waals surface area contributed by atoms with Crippen molar-refractivity contribution in [1.29, 1.82) is 0 Å². The number of pyridine rings is 1. The summed E-state index contributed by atoms with van der Waals surface area (Å²) in [6.45, 7) is 19.1. The summed E-state index contributed by atoms with van der Waals surface area (Å²) in [5, 5.41) is 9.19. The van der Waals surface area contributed by atoms with Gasteiger partial charge in [0.25, 0.3) is 0 Å². The summed E-state index contributed by atoms with van der Waals surface area (Å²) in [4.78, 5) is 4.41. The van der Waals surface area contributed by atoms with Gasteiger partial charge >= 0.3 is 0 Å². The summed E-state index contributed by atoms with van der Waals surface area (Å²) in [6, 6.07) is 5.59. The standard InChI is InChI=1S/C18H29NO4.3C2H6/c1-13(11-20)10-18(2,3)12-22-16-6-5-7-17(19-16)23-15-8-14(9-15)21-4;3*1-2/h5-7,13-15,20H,8-12H2,1-4H3;3*1-2H3. The number of aliphatic hydroxyl groups is 1. The predicted octanol–water partition coefficient (Wildman–Crippen LogP) is 6.14. The van der Waals surface area contributed by atoms with Gasteiger partial charge in [0.1, 0.15) is 6.10 Å². The Bertz CT molecular complexity index is 488. The van der Waals surface area contributed by atoms with Gasteiger partial charge in [-0.2, -0.15) is 4.98 Å². The Morgan fingerprint density at radius 1 is 1.03 bits per heavy atom. The molecule has 0 aliphatic heterocycles. The highest BCUT2D eigenvalue weighted by Gasteiger charge is 2.31. The maximum absolute atomic E-state index is 9.19. The smallest absolute Gasteiger partial charge is 0.216 e. The fraction of sp³-hybridized carbons (Fsp3) is 0.792. The highest BCUT2D eigenvalue weighted by molar-refractivity contribution is 5.20. The molecule has 1 aliphatic rings. The number of aliphatic hydroxyl groups excluding tert-OH is 1. The summed E-state index contributed by atoms with van der Waals surface area (Å²) in [7, 11) is 1.73. The van der Waals surface area contributed by atoms with Crippen molar-refractivity contribution in [2.75, 3.05) is 20.3 Å². The monoisotopic (exact) mass is 413 g/mol. The van der Waals surface area contributed by atoms with Gasteiger partial charge in [-0.25, -0.2) is 0 Å². The lowest BCUT2D eigenvalue weighted by molar-refractivity contribution is -0.0398. The number of rotatable bonds is 9. The van der Waals surface area contributed by atoms with Gasteiger partial charge in [0.2, 0.25) is 11.8 Å². The zero-order chi connectivity index (χ0) is 22.9. The highest BCUT2D eigenvalue weighted by atomic mass is 16.5. The third-order valence-electron chi connectivity index (χ3n) is 4.19. The molecule has 0 spiro atoms. The third-order valence-corrected chi connectivity index (χ3v) is 4.19. The minimum absolute atomic E-state index is 0.0135. The second-order valence-electron chi connectivity index (χ2n) is 7.33. The Kier molecular flexibility index (Phi) is 18.0. The molecule has 5 nitrogen and oxygen atoms in total. The van der Waals surface area contributed by atoms with Crippen molar-refractivity contribution in [2.45, 2.75) is 93.8 Å². The van der Waals surface area contributed by atoms with Crippen molar-refractivity contribution in [2.24, 2.45) is 11.3 Å². The van der Waals surface area contributed by atoms with Crippen LogP contribution >= 0.6 is 0 Å². The molecule has 2 rings (SSSR count). The first kappa shape index (κ1) is 29.9. The molecule has 1 fully saturated rings. The Morgan fingerprint density at radius 3 is 2.10 bits per heavy atom. The van der Waals surface area contributed by atoms with E-state index in [-0.39, 0.29) is 24.0 Å². The predicted molar refractivity (Wildman–Crippen MR) is 123 cm³/mol. The third kappa shape index (κ3) is 12.8. The van der Waals surface area contributed by atoms with Crippen LogP contribution in [0.25, 0.3) is 0 Å². The number of hydrogen-bond donors (Lipinski definition) is 1. The normalized spacial score (nSPS) is 18.3. The molecule has 0 aromatic carbocycles. The Labute approximate surface area is 180 Å². The maximum Gasteiger partial charge on any atom is 0.216 e. The van der Waals surface area contributed by atoms with Gasteiger partial charge in [-0.15, -0.1) is 0 Å². The number of nitrogens with zero attached hydrogens (tertiary/aromatic N) is 1. The van der Waals surface area contributed by atoms with E-state index in [1.54, 1.807) is 7.11 Å². The average Bonchev–Trinajstić information content (AvgIpc) is 2.73. The van der Waals surface area contributed by atoms with Gasteiger partial charge in [-0.1, -0.05) is 68.4 Å². The molecule has 1 aromatic rings. The topological polar surface area (TPSA) is 60.8 Å². The summed E-state index contributed by atoms with van der Waals surface area (Å²) in [5.74, 6) is 1.45. The molecule has 1 heterocycles. The lowest BCUT2D eigenvalue weighted by Gasteiger charge is -2.33. The van der Waals surface area contributed by atoms with Crippen molar-refractivity contribution in [1.82, 2.24) is 4.98 Å². The van der Waals surface area contributed by atoms with E-state index in [9.17, 15) is 5.11 Å². The van der Waals surface area contributed by atoms with Gasteiger partial charge in [-0.3, -0.25) is 0 Å². The molecule has 29 heavy (non-hydrogen) atoms. The van der Waals surface area contributed by atoms with E-state index < -0.39 is 0 Å². The minimum Gasteiger partial charge on any atom is -0.477 e. The first-order chi connectivity index (χ1) is 13.9. The van der Waals surface area contributed by atoms with Crippen LogP contribution in [0.2, 0.25) is 0 Å². The summed E-state index contributed by atoms with van der Waals surface area (Å²) in [5.41, 5.74) is -0.0135. The fourth-order valence-electron chi connectivity index (χ4n) is 2.85. The number of aromatic nitrogens is 1. The van der Waals surface area contributed by atoms with Gasteiger partial charge < -0.3 is 19.3 Å². The highest BCUT2D eigenvalue weighted by Crippen LogP contribution is 2.29. The summed E-state index contributed by atoms with van der Waals surface area (Å²) in [6.07, 6.45) is 3.23. The van der Waals surface area contributed by atoms with E-state index in [1.807, 2.05) is 66.7 Å². The van der Waals surface area contributed by atoms with Crippen molar-refractivity contribution < 1.29 is 19.3 Å². The Morgan fingerprint density at radius 2 is 1.59 bits per heavy atom. The van der Waals surface area contributed by atoms with Crippen LogP contribution in [0.1, 0.15) is 81.6 Å². The lowest BCUT2D eigenvalue weighted by atomic mass is 9.84. The van der Waals surface area contributed by atoms with Crippen LogP contribution in [-0.4, -0.2) is 42.6 Å². The summed E-state index contributed by atoms with van der Waals surface area (Å²) < 4.78 is 16.9. The van der Waals surface area contributed by atoms with E-state index in [2.05, 4.69) is 18.8 Å². The molecule has 1 atom stereocenters. The van der Waals surface area contributed by atoms with E-state index in [0.29, 0.717) is 24.5 Å². The van der Waals surface area contributed by atoms with Crippen LogP contribution in [0.4, 0.5) is 0 Å². The number of hydrogen-bond acceptors (Lipinski definition) is 5. The minimum atomic E-state index is -0.0135. The van der Waals surface area contributed by atoms with Crippen LogP contribution in [0.3, 0.4) is 0 Å². The molecule has 0 amide bonds. The van der Waals surface area contributed by atoms with E-state index in [0.717, 1.165) is 19.3 Å². The molecule has 0 saturated heterocycles. The zero-order valence-electron chi connectivity index (χ0n) is 20.6. The first-order valence-corrected chi connectivity index (χ1v) is 11.3. The van der Waals surface area contributed by atoms with Crippen molar-refractivity contribution in [3.05, 3.63) is 18.2 Å². The molecule has 1 aliphatic carbocycles. The molecular weight excluding hydrogens is 366 g/mol. The second-order valence-corrected chi connectivity index (χ2v) is 7.33. The van der Waals surface area contributed by atoms with Crippen LogP contribution in [0, 0.1) is 11.3 Å². The van der Waals surface area contributed by atoms with Crippen LogP contribution < -0.4 is 9.47 Å². The molecular formula is C24H47NO4. The number of ether oxygens (including phenoxy) is 3. The molecule has 1 N–H and O–H groups in total. The van der Waals surface area contributed by atoms with Crippen molar-refractivity contribution in [3.63, 3.8) is 0 Å². The average molecular weight is 414 g/mol. The van der Waals surface area contributed by atoms with Crippen LogP contribution in [0.15, 0.2) is 18.2 Å². The van der Waals surface area contributed by atoms with Crippen molar-refractivity contribution >= 4 is 0 Å². The van der Waals surface area contributed by atoms with E-state index >= 15 is 0 Å². The molecule has 0 radical (unpaired) electrons. The summed E-state index contributed by atoms with van der Waals surface area (Å²) >= 11 is 0.